The van der Waals surface area contributed by atoms with Crippen LogP contribution in [0, 0.1) is 11.3 Å². The van der Waals surface area contributed by atoms with Crippen LogP contribution in [0.4, 0.5) is 0 Å². The molecule has 4 bridgehead atoms. The van der Waals surface area contributed by atoms with Gasteiger partial charge in [-0.15, -0.1) is 0 Å². The number of Topliss-reactive ketones (excluding diaryl/α,β-unsaturated/α-hetero) is 1. The van der Waals surface area contributed by atoms with Crippen molar-refractivity contribution in [3.63, 3.8) is 0 Å². The summed E-state index contributed by atoms with van der Waals surface area (Å²) in [7, 11) is 5.72. The van der Waals surface area contributed by atoms with Crippen LogP contribution in [0.1, 0.15) is 43.7 Å². The molecule has 1 saturated heterocycles. The quantitative estimate of drug-likeness (QED) is 0.699. The number of likely N-dealkylation sites (tertiary alicyclic amines) is 1. The van der Waals surface area contributed by atoms with Gasteiger partial charge < -0.3 is 19.1 Å². The lowest BCUT2D eigenvalue weighted by Crippen LogP contribution is -2.79. The van der Waals surface area contributed by atoms with Gasteiger partial charge in [-0.05, 0) is 50.9 Å². The number of carbonyl (C=O) groups excluding carboxylic acids is 1. The zero-order valence-corrected chi connectivity index (χ0v) is 18.4. The normalized spacial score (nSPS) is 42.1. The standard InChI is InChI=1S/C25H31NO4/c1-5-6-18(27)17-14-23-7-8-25(17,29-4)22-24(23)9-10-26(2)20(23)12-15-11-16(28-3)13-19(30-22)21(15)24/h7-8,11,13,17,20,22H,5-6,9-10,12,14H2,1-4H3/t17-,20-,22-,23-,24+,25-/m1/s1. The molecule has 30 heavy (non-hydrogen) atoms. The summed E-state index contributed by atoms with van der Waals surface area (Å²) in [5.41, 5.74) is 1.79. The topological polar surface area (TPSA) is 48.0 Å². The third kappa shape index (κ3) is 1.83. The lowest BCUT2D eigenvalue weighted by Gasteiger charge is -2.70. The zero-order chi connectivity index (χ0) is 20.9. The van der Waals surface area contributed by atoms with Gasteiger partial charge in [0.05, 0.1) is 18.4 Å². The van der Waals surface area contributed by atoms with Crippen molar-refractivity contribution in [1.29, 1.82) is 0 Å². The Hall–Kier alpha value is -1.85. The number of nitrogens with zero attached hydrogens (tertiary/aromatic N) is 1. The molecule has 2 aliphatic heterocycles. The Kier molecular flexibility index (Phi) is 3.71. The van der Waals surface area contributed by atoms with Crippen molar-refractivity contribution in [2.45, 2.75) is 62.2 Å². The summed E-state index contributed by atoms with van der Waals surface area (Å²) in [6.07, 6.45) is 8.78. The fourth-order valence-electron chi connectivity index (χ4n) is 7.98. The number of hydrogen-bond donors (Lipinski definition) is 0. The second kappa shape index (κ2) is 5.89. The third-order valence-electron chi connectivity index (χ3n) is 9.14. The van der Waals surface area contributed by atoms with Crippen molar-refractivity contribution in [2.24, 2.45) is 11.3 Å². The average Bonchev–Trinajstić information content (AvgIpc) is 3.11. The molecule has 1 aromatic rings. The van der Waals surface area contributed by atoms with E-state index in [1.807, 2.05) is 6.07 Å². The van der Waals surface area contributed by atoms with E-state index >= 15 is 0 Å². The highest BCUT2D eigenvalue weighted by Gasteiger charge is 2.79. The Morgan fingerprint density at radius 1 is 1.30 bits per heavy atom. The smallest absolute Gasteiger partial charge is 0.143 e. The van der Waals surface area contributed by atoms with E-state index in [2.05, 4.69) is 37.1 Å². The number of fused-ring (bicyclic) bond motifs is 1. The summed E-state index contributed by atoms with van der Waals surface area (Å²) in [5, 5.41) is 0. The molecule has 5 heteroatoms. The Bertz CT molecular complexity index is 972. The first-order valence-electron chi connectivity index (χ1n) is 11.3. The molecule has 1 saturated carbocycles. The first-order valence-corrected chi connectivity index (χ1v) is 11.3. The molecule has 5 nitrogen and oxygen atoms in total. The van der Waals surface area contributed by atoms with Crippen LogP contribution >= 0.6 is 0 Å². The highest BCUT2D eigenvalue weighted by molar-refractivity contribution is 5.84. The SMILES string of the molecule is CCCC(=O)[C@H]1C[C@@]23C=C[C@]1(OC)[C@@H]1Oc4cc(OC)cc5c4[C@@]12CCN(C)[C@@H]3C5. The largest absolute Gasteiger partial charge is 0.497 e. The fourth-order valence-corrected chi connectivity index (χ4v) is 7.98. The Labute approximate surface area is 178 Å². The molecule has 7 rings (SSSR count). The van der Waals surface area contributed by atoms with Crippen LogP contribution in [0.5, 0.6) is 11.5 Å². The van der Waals surface area contributed by atoms with Crippen molar-refractivity contribution in [3.8, 4) is 11.5 Å². The van der Waals surface area contributed by atoms with Gasteiger partial charge in [-0.2, -0.15) is 0 Å². The van der Waals surface area contributed by atoms with Gasteiger partial charge in [0.25, 0.3) is 0 Å². The predicted octanol–water partition coefficient (Wildman–Crippen LogP) is 3.28. The maximum absolute atomic E-state index is 13.4. The maximum Gasteiger partial charge on any atom is 0.143 e. The van der Waals surface area contributed by atoms with E-state index in [0.717, 1.165) is 43.7 Å². The van der Waals surface area contributed by atoms with E-state index < -0.39 is 5.60 Å². The zero-order valence-electron chi connectivity index (χ0n) is 18.4. The number of methoxy groups -OCH3 is 2. The first kappa shape index (κ1) is 18.9. The minimum atomic E-state index is -0.699. The third-order valence-corrected chi connectivity index (χ3v) is 9.14. The van der Waals surface area contributed by atoms with Crippen molar-refractivity contribution in [3.05, 3.63) is 35.4 Å². The van der Waals surface area contributed by atoms with Gasteiger partial charge in [0.1, 0.15) is 29.0 Å². The molecule has 0 N–H and O–H groups in total. The Balaban J connectivity index is 1.64. The molecule has 2 heterocycles. The molecule has 4 aliphatic carbocycles. The lowest BCUT2D eigenvalue weighted by molar-refractivity contribution is -0.213. The van der Waals surface area contributed by atoms with Crippen LogP contribution in [-0.4, -0.2) is 56.2 Å². The number of likely N-dealkylation sites (N-methyl/N-ethyl adjacent to an activating group) is 1. The molecule has 6 aliphatic rings. The molecule has 0 amide bonds. The number of piperidine rings is 1. The number of ketones is 1. The van der Waals surface area contributed by atoms with Crippen molar-refractivity contribution >= 4 is 5.78 Å². The van der Waals surface area contributed by atoms with Crippen LogP contribution in [0.25, 0.3) is 0 Å². The predicted molar refractivity (Wildman–Crippen MR) is 113 cm³/mol. The van der Waals surface area contributed by atoms with Gasteiger partial charge in [0.2, 0.25) is 0 Å². The van der Waals surface area contributed by atoms with Gasteiger partial charge in [0, 0.05) is 36.6 Å². The molecule has 1 aromatic carbocycles. The summed E-state index contributed by atoms with van der Waals surface area (Å²) < 4.78 is 18.7. The number of hydrogen-bond acceptors (Lipinski definition) is 5. The molecule has 2 fully saturated rings. The number of benzene rings is 1. The monoisotopic (exact) mass is 409 g/mol. The van der Waals surface area contributed by atoms with Gasteiger partial charge in [-0.1, -0.05) is 19.1 Å². The molecular weight excluding hydrogens is 378 g/mol. The van der Waals surface area contributed by atoms with Crippen LogP contribution in [0.2, 0.25) is 0 Å². The van der Waals surface area contributed by atoms with E-state index in [0.29, 0.717) is 18.2 Å². The van der Waals surface area contributed by atoms with E-state index in [-0.39, 0.29) is 22.9 Å². The first-order chi connectivity index (χ1) is 14.5. The Morgan fingerprint density at radius 2 is 2.13 bits per heavy atom. The molecule has 0 aromatic heterocycles. The molecule has 0 unspecified atom stereocenters. The van der Waals surface area contributed by atoms with Crippen molar-refractivity contribution in [2.75, 3.05) is 27.8 Å². The molecule has 2 spiro atoms. The summed E-state index contributed by atoms with van der Waals surface area (Å²) in [6, 6.07) is 4.60. The van der Waals surface area contributed by atoms with Crippen LogP contribution in [0.15, 0.2) is 24.3 Å². The highest BCUT2D eigenvalue weighted by Crippen LogP contribution is 2.74. The minimum Gasteiger partial charge on any atom is -0.497 e. The van der Waals surface area contributed by atoms with Crippen LogP contribution in [0.3, 0.4) is 0 Å². The number of carbonyl (C=O) groups is 1. The van der Waals surface area contributed by atoms with E-state index in [1.165, 1.54) is 11.1 Å². The van der Waals surface area contributed by atoms with E-state index in [9.17, 15) is 4.79 Å². The number of rotatable bonds is 5. The minimum absolute atomic E-state index is 0.0914. The van der Waals surface area contributed by atoms with Crippen LogP contribution in [-0.2, 0) is 21.4 Å². The van der Waals surface area contributed by atoms with E-state index in [4.69, 9.17) is 14.2 Å². The van der Waals surface area contributed by atoms with Gasteiger partial charge >= 0.3 is 0 Å². The average molecular weight is 410 g/mol. The molecule has 160 valence electrons. The van der Waals surface area contributed by atoms with Gasteiger partial charge in [0.15, 0.2) is 0 Å². The fraction of sp³-hybridized carbons (Fsp3) is 0.640. The van der Waals surface area contributed by atoms with Crippen molar-refractivity contribution in [1.82, 2.24) is 4.90 Å². The van der Waals surface area contributed by atoms with Gasteiger partial charge in [-0.25, -0.2) is 0 Å². The maximum atomic E-state index is 13.4. The van der Waals surface area contributed by atoms with Gasteiger partial charge in [-0.3, -0.25) is 4.79 Å². The summed E-state index contributed by atoms with van der Waals surface area (Å²) in [6.45, 7) is 3.12. The highest BCUT2D eigenvalue weighted by atomic mass is 16.6. The molecular formula is C25H31NO4. The summed E-state index contributed by atoms with van der Waals surface area (Å²) >= 11 is 0. The second-order valence-corrected chi connectivity index (χ2v) is 9.98. The lowest BCUT2D eigenvalue weighted by atomic mass is 9.37. The van der Waals surface area contributed by atoms with Crippen molar-refractivity contribution < 1.29 is 19.0 Å². The Morgan fingerprint density at radius 3 is 2.87 bits per heavy atom. The number of ether oxygens (including phenoxy) is 3. The molecule has 0 radical (unpaired) electrons. The van der Waals surface area contributed by atoms with E-state index in [1.54, 1.807) is 14.2 Å². The van der Waals surface area contributed by atoms with Crippen LogP contribution < -0.4 is 9.47 Å². The summed E-state index contributed by atoms with van der Waals surface area (Å²) in [4.78, 5) is 15.9. The molecule has 6 atom stereocenters. The second-order valence-electron chi connectivity index (χ2n) is 9.98. The summed E-state index contributed by atoms with van der Waals surface area (Å²) in [5.74, 6) is 1.95.